The Morgan fingerprint density at radius 2 is 2.04 bits per heavy atom. The van der Waals surface area contributed by atoms with E-state index in [1.54, 1.807) is 12.1 Å². The minimum absolute atomic E-state index is 0.0194. The van der Waals surface area contributed by atoms with Gasteiger partial charge in [0.15, 0.2) is 0 Å². The molecule has 0 spiro atoms. The molecule has 0 radical (unpaired) electrons. The topological polar surface area (TPSA) is 68.0 Å². The molecule has 1 aromatic heterocycles. The van der Waals surface area contributed by atoms with Gasteiger partial charge in [-0.1, -0.05) is 18.0 Å². The second kappa shape index (κ2) is 6.89. The van der Waals surface area contributed by atoms with Crippen LogP contribution < -0.4 is 5.32 Å². The highest BCUT2D eigenvalue weighted by Gasteiger charge is 2.21. The van der Waals surface area contributed by atoms with E-state index in [1.165, 1.54) is 25.0 Å². The smallest absolute Gasteiger partial charge is 0.249 e. The lowest BCUT2D eigenvalue weighted by molar-refractivity contribution is -0.122. The van der Waals surface area contributed by atoms with Crippen molar-refractivity contribution in [3.63, 3.8) is 0 Å². The summed E-state index contributed by atoms with van der Waals surface area (Å²) >= 11 is 0. The number of hydrogen-bond donors (Lipinski definition) is 1. The molecule has 1 fully saturated rings. The number of benzene rings is 1. The van der Waals surface area contributed by atoms with E-state index in [0.29, 0.717) is 29.6 Å². The average Bonchev–Trinajstić information content (AvgIpc) is 3.19. The van der Waals surface area contributed by atoms with Crippen molar-refractivity contribution in [3.05, 3.63) is 36.0 Å². The number of carbonyl (C=O) groups is 1. The van der Waals surface area contributed by atoms with Gasteiger partial charge in [-0.3, -0.25) is 4.79 Å². The molecule has 0 bridgehead atoms. The van der Waals surface area contributed by atoms with Gasteiger partial charge < -0.3 is 9.84 Å². The summed E-state index contributed by atoms with van der Waals surface area (Å²) in [5.74, 6) is 0.941. The van der Waals surface area contributed by atoms with E-state index in [4.69, 9.17) is 4.52 Å². The van der Waals surface area contributed by atoms with E-state index in [1.807, 2.05) is 6.92 Å². The van der Waals surface area contributed by atoms with Crippen molar-refractivity contribution in [1.82, 2.24) is 15.5 Å². The van der Waals surface area contributed by atoms with Gasteiger partial charge in [0.05, 0.1) is 0 Å². The van der Waals surface area contributed by atoms with Crippen LogP contribution in [0.25, 0.3) is 11.4 Å². The summed E-state index contributed by atoms with van der Waals surface area (Å²) in [5.41, 5.74) is 0.672. The standard InChI is InChI=1S/C17H20FN3O2/c1-11(19-15(22)10-12-4-2-3-5-12)17-20-16(21-23-17)13-6-8-14(18)9-7-13/h6-9,11-12H,2-5,10H2,1H3,(H,19,22)/t11-/m0/s1. The van der Waals surface area contributed by atoms with Crippen molar-refractivity contribution in [2.75, 3.05) is 0 Å². The predicted molar refractivity (Wildman–Crippen MR) is 82.8 cm³/mol. The highest BCUT2D eigenvalue weighted by atomic mass is 19.1. The van der Waals surface area contributed by atoms with Crippen molar-refractivity contribution in [2.24, 2.45) is 5.92 Å². The van der Waals surface area contributed by atoms with Gasteiger partial charge in [-0.15, -0.1) is 0 Å². The molecule has 3 rings (SSSR count). The highest BCUT2D eigenvalue weighted by Crippen LogP contribution is 2.27. The molecule has 0 saturated heterocycles. The lowest BCUT2D eigenvalue weighted by atomic mass is 10.0. The van der Waals surface area contributed by atoms with Crippen LogP contribution in [0.3, 0.4) is 0 Å². The van der Waals surface area contributed by atoms with Crippen LogP contribution in [0.1, 0.15) is 51.0 Å². The van der Waals surface area contributed by atoms with Gasteiger partial charge >= 0.3 is 0 Å². The minimum Gasteiger partial charge on any atom is -0.345 e. The molecule has 0 unspecified atom stereocenters. The van der Waals surface area contributed by atoms with E-state index < -0.39 is 0 Å². The summed E-state index contributed by atoms with van der Waals surface area (Å²) in [7, 11) is 0. The molecule has 6 heteroatoms. The molecule has 5 nitrogen and oxygen atoms in total. The molecule has 1 saturated carbocycles. The van der Waals surface area contributed by atoms with Gasteiger partial charge in [-0.25, -0.2) is 4.39 Å². The molecular weight excluding hydrogens is 297 g/mol. The number of amides is 1. The first-order valence-corrected chi connectivity index (χ1v) is 8.00. The van der Waals surface area contributed by atoms with Gasteiger partial charge in [0.25, 0.3) is 0 Å². The zero-order valence-corrected chi connectivity index (χ0v) is 13.1. The number of aromatic nitrogens is 2. The first-order valence-electron chi connectivity index (χ1n) is 8.00. The summed E-state index contributed by atoms with van der Waals surface area (Å²) in [6.45, 7) is 1.81. The Bertz CT molecular complexity index is 663. The quantitative estimate of drug-likeness (QED) is 0.914. The maximum absolute atomic E-state index is 12.9. The first-order chi connectivity index (χ1) is 11.1. The molecule has 0 aliphatic heterocycles. The Hall–Kier alpha value is -2.24. The van der Waals surface area contributed by atoms with Crippen LogP contribution >= 0.6 is 0 Å². The van der Waals surface area contributed by atoms with Crippen molar-refractivity contribution in [1.29, 1.82) is 0 Å². The Kier molecular flexibility index (Phi) is 4.69. The average molecular weight is 317 g/mol. The Morgan fingerprint density at radius 1 is 1.35 bits per heavy atom. The van der Waals surface area contributed by atoms with Crippen LogP contribution in [-0.2, 0) is 4.79 Å². The maximum atomic E-state index is 12.9. The Morgan fingerprint density at radius 3 is 2.74 bits per heavy atom. The number of nitrogens with zero attached hydrogens (tertiary/aromatic N) is 2. The lowest BCUT2D eigenvalue weighted by Crippen LogP contribution is -2.28. The van der Waals surface area contributed by atoms with Crippen molar-refractivity contribution >= 4 is 5.91 Å². The third kappa shape index (κ3) is 3.94. The third-order valence-corrected chi connectivity index (χ3v) is 4.24. The first kappa shape index (κ1) is 15.6. The van der Waals surface area contributed by atoms with E-state index >= 15 is 0 Å². The second-order valence-electron chi connectivity index (χ2n) is 6.11. The predicted octanol–water partition coefficient (Wildman–Crippen LogP) is 3.63. The van der Waals surface area contributed by atoms with Gasteiger partial charge in [0, 0.05) is 12.0 Å². The van der Waals surface area contributed by atoms with Crippen LogP contribution in [0.4, 0.5) is 4.39 Å². The molecule has 1 aliphatic rings. The van der Waals surface area contributed by atoms with E-state index in [-0.39, 0.29) is 17.8 Å². The maximum Gasteiger partial charge on any atom is 0.249 e. The number of hydrogen-bond acceptors (Lipinski definition) is 4. The molecule has 1 N–H and O–H groups in total. The lowest BCUT2D eigenvalue weighted by Gasteiger charge is -2.12. The SMILES string of the molecule is C[C@H](NC(=O)CC1CCCC1)c1nc(-c2ccc(F)cc2)no1. The molecule has 1 aliphatic carbocycles. The van der Waals surface area contributed by atoms with Gasteiger partial charge in [-0.2, -0.15) is 4.98 Å². The molecule has 1 heterocycles. The number of rotatable bonds is 5. The minimum atomic E-state index is -0.342. The highest BCUT2D eigenvalue weighted by molar-refractivity contribution is 5.76. The van der Waals surface area contributed by atoms with Crippen molar-refractivity contribution in [2.45, 2.75) is 45.1 Å². The number of halogens is 1. The molecule has 23 heavy (non-hydrogen) atoms. The van der Waals surface area contributed by atoms with Crippen LogP contribution in [0.15, 0.2) is 28.8 Å². The summed E-state index contributed by atoms with van der Waals surface area (Å²) in [6.07, 6.45) is 5.27. The van der Waals surface area contributed by atoms with Gasteiger partial charge in [0.1, 0.15) is 11.9 Å². The molecule has 2 aromatic rings. The van der Waals surface area contributed by atoms with Crippen LogP contribution in [-0.4, -0.2) is 16.0 Å². The van der Waals surface area contributed by atoms with Gasteiger partial charge in [0.2, 0.25) is 17.6 Å². The van der Waals surface area contributed by atoms with Crippen LogP contribution in [0.5, 0.6) is 0 Å². The Labute approximate surface area is 134 Å². The normalized spacial score (nSPS) is 16.4. The van der Waals surface area contributed by atoms with E-state index in [9.17, 15) is 9.18 Å². The summed E-state index contributed by atoms with van der Waals surface area (Å²) < 4.78 is 18.1. The fourth-order valence-corrected chi connectivity index (χ4v) is 2.97. The molecule has 1 aromatic carbocycles. The third-order valence-electron chi connectivity index (χ3n) is 4.24. The summed E-state index contributed by atoms with van der Waals surface area (Å²) in [6, 6.07) is 5.53. The fraction of sp³-hybridized carbons (Fsp3) is 0.471. The van der Waals surface area contributed by atoms with Crippen molar-refractivity contribution in [3.8, 4) is 11.4 Å². The van der Waals surface area contributed by atoms with E-state index in [0.717, 1.165) is 12.8 Å². The van der Waals surface area contributed by atoms with Gasteiger partial charge in [-0.05, 0) is 49.9 Å². The van der Waals surface area contributed by atoms with Crippen molar-refractivity contribution < 1.29 is 13.7 Å². The molecule has 1 atom stereocenters. The zero-order chi connectivity index (χ0) is 16.2. The molecule has 1 amide bonds. The van der Waals surface area contributed by atoms with Crippen LogP contribution in [0, 0.1) is 11.7 Å². The zero-order valence-electron chi connectivity index (χ0n) is 13.1. The summed E-state index contributed by atoms with van der Waals surface area (Å²) in [4.78, 5) is 16.3. The monoisotopic (exact) mass is 317 g/mol. The number of carbonyl (C=O) groups excluding carboxylic acids is 1. The second-order valence-corrected chi connectivity index (χ2v) is 6.11. The molecular formula is C17H20FN3O2. The Balaban J connectivity index is 1.60. The fourth-order valence-electron chi connectivity index (χ4n) is 2.97. The summed E-state index contributed by atoms with van der Waals surface area (Å²) in [5, 5.41) is 6.79. The molecule has 122 valence electrons. The van der Waals surface area contributed by atoms with Crippen LogP contribution in [0.2, 0.25) is 0 Å². The largest absolute Gasteiger partial charge is 0.345 e. The number of nitrogens with one attached hydrogen (secondary N) is 1. The van der Waals surface area contributed by atoms with E-state index in [2.05, 4.69) is 15.5 Å².